The van der Waals surface area contributed by atoms with Crippen molar-refractivity contribution >= 4 is 15.9 Å². The third-order valence-electron chi connectivity index (χ3n) is 1.90. The third-order valence-corrected chi connectivity index (χ3v) is 2.33. The van der Waals surface area contributed by atoms with Crippen molar-refractivity contribution in [3.05, 3.63) is 22.3 Å². The summed E-state index contributed by atoms with van der Waals surface area (Å²) in [6.07, 6.45) is 1.58. The number of hydrogen-bond donors (Lipinski definition) is 2. The number of pyridine rings is 1. The minimum absolute atomic E-state index is 0.0537. The van der Waals surface area contributed by atoms with Gasteiger partial charge in [-0.3, -0.25) is 0 Å². The van der Waals surface area contributed by atoms with Crippen molar-refractivity contribution in [2.24, 2.45) is 0 Å². The van der Waals surface area contributed by atoms with E-state index in [2.05, 4.69) is 20.9 Å². The molecule has 0 amide bonds. The Hall–Kier alpha value is -0.650. The molecule has 1 aromatic heterocycles. The predicted molar refractivity (Wildman–Crippen MR) is 59.9 cm³/mol. The second kappa shape index (κ2) is 6.05. The van der Waals surface area contributed by atoms with Crippen LogP contribution in [0.25, 0.3) is 0 Å². The van der Waals surface area contributed by atoms with Gasteiger partial charge in [-0.25, -0.2) is 4.98 Å². The zero-order valence-electron chi connectivity index (χ0n) is 8.48. The van der Waals surface area contributed by atoms with Crippen molar-refractivity contribution < 1.29 is 14.9 Å². The van der Waals surface area contributed by atoms with Gasteiger partial charge in [-0.05, 0) is 28.4 Å². The highest BCUT2D eigenvalue weighted by atomic mass is 79.9. The maximum atomic E-state index is 9.13. The predicted octanol–water partition coefficient (Wildman–Crippen LogP) is 1.14. The van der Waals surface area contributed by atoms with E-state index in [9.17, 15) is 0 Å². The van der Waals surface area contributed by atoms with Gasteiger partial charge in [-0.2, -0.15) is 0 Å². The highest BCUT2D eigenvalue weighted by Crippen LogP contribution is 2.20. The Balaban J connectivity index is 2.67. The molecule has 0 saturated carbocycles. The Morgan fingerprint density at radius 2 is 2.33 bits per heavy atom. The third kappa shape index (κ3) is 3.77. The molecule has 1 aromatic rings. The van der Waals surface area contributed by atoms with Crippen molar-refractivity contribution in [2.45, 2.75) is 19.4 Å². The van der Waals surface area contributed by atoms with Gasteiger partial charge >= 0.3 is 0 Å². The molecule has 15 heavy (non-hydrogen) atoms. The highest BCUT2D eigenvalue weighted by Gasteiger charge is 2.07. The van der Waals surface area contributed by atoms with Crippen LogP contribution in [0.2, 0.25) is 0 Å². The van der Waals surface area contributed by atoms with E-state index in [-0.39, 0.29) is 13.2 Å². The number of aryl methyl sites for hydroxylation is 1. The van der Waals surface area contributed by atoms with Crippen LogP contribution in [0.5, 0.6) is 5.88 Å². The maximum Gasteiger partial charge on any atom is 0.216 e. The van der Waals surface area contributed by atoms with E-state index in [4.69, 9.17) is 14.9 Å². The van der Waals surface area contributed by atoms with Crippen LogP contribution in [-0.4, -0.2) is 34.5 Å². The van der Waals surface area contributed by atoms with Crippen molar-refractivity contribution in [3.8, 4) is 5.88 Å². The van der Waals surface area contributed by atoms with Crippen LogP contribution in [0.4, 0.5) is 0 Å². The minimum atomic E-state index is -0.861. The zero-order chi connectivity index (χ0) is 11.3. The molecule has 0 aliphatic carbocycles. The average Bonchev–Trinajstić information content (AvgIpc) is 2.26. The molecule has 0 radical (unpaired) electrons. The van der Waals surface area contributed by atoms with Gasteiger partial charge in [0.1, 0.15) is 12.7 Å². The summed E-state index contributed by atoms with van der Waals surface area (Å²) in [5.74, 6) is 0.508. The standard InChI is InChI=1S/C10H14BrNO3/c1-2-7-3-8(11)4-12-10(7)15-6-9(14)5-13/h3-4,9,13-14H,2,5-6H2,1H3. The van der Waals surface area contributed by atoms with Crippen molar-refractivity contribution in [1.82, 2.24) is 4.98 Å². The molecule has 0 bridgehead atoms. The normalized spacial score (nSPS) is 12.5. The monoisotopic (exact) mass is 275 g/mol. The fourth-order valence-electron chi connectivity index (χ4n) is 1.08. The number of ether oxygens (including phenoxy) is 1. The van der Waals surface area contributed by atoms with Crippen LogP contribution in [0.1, 0.15) is 12.5 Å². The Kier molecular flexibility index (Phi) is 5.01. The van der Waals surface area contributed by atoms with Crippen molar-refractivity contribution in [1.29, 1.82) is 0 Å². The molecule has 1 heterocycles. The molecule has 1 rings (SSSR count). The first kappa shape index (κ1) is 12.4. The molecule has 4 nitrogen and oxygen atoms in total. The molecule has 1 unspecified atom stereocenters. The summed E-state index contributed by atoms with van der Waals surface area (Å²) in [6, 6.07) is 1.92. The average molecular weight is 276 g/mol. The lowest BCUT2D eigenvalue weighted by molar-refractivity contribution is 0.0518. The van der Waals surface area contributed by atoms with Crippen LogP contribution < -0.4 is 4.74 Å². The summed E-state index contributed by atoms with van der Waals surface area (Å²) in [5, 5.41) is 17.8. The smallest absolute Gasteiger partial charge is 0.216 e. The quantitative estimate of drug-likeness (QED) is 0.846. The van der Waals surface area contributed by atoms with E-state index in [1.54, 1.807) is 6.20 Å². The Bertz CT molecular complexity index is 320. The second-order valence-corrected chi connectivity index (χ2v) is 4.03. The van der Waals surface area contributed by atoms with Gasteiger partial charge in [-0.15, -0.1) is 0 Å². The van der Waals surface area contributed by atoms with Crippen molar-refractivity contribution in [3.63, 3.8) is 0 Å². The molecule has 0 aliphatic heterocycles. The van der Waals surface area contributed by atoms with Gasteiger partial charge in [0.2, 0.25) is 5.88 Å². The SMILES string of the molecule is CCc1cc(Br)cnc1OCC(O)CO. The van der Waals surface area contributed by atoms with Gasteiger partial charge < -0.3 is 14.9 Å². The minimum Gasteiger partial charge on any atom is -0.475 e. The van der Waals surface area contributed by atoms with E-state index >= 15 is 0 Å². The first-order chi connectivity index (χ1) is 7.17. The lowest BCUT2D eigenvalue weighted by atomic mass is 10.2. The molecule has 1 atom stereocenters. The number of hydrogen-bond acceptors (Lipinski definition) is 4. The topological polar surface area (TPSA) is 62.6 Å². The Morgan fingerprint density at radius 3 is 2.93 bits per heavy atom. The largest absolute Gasteiger partial charge is 0.475 e. The summed E-state index contributed by atoms with van der Waals surface area (Å²) in [6.45, 7) is 1.74. The second-order valence-electron chi connectivity index (χ2n) is 3.12. The molecule has 0 aliphatic rings. The molecule has 0 fully saturated rings. The molecule has 2 N–H and O–H groups in total. The highest BCUT2D eigenvalue weighted by molar-refractivity contribution is 9.10. The number of aliphatic hydroxyl groups is 2. The first-order valence-electron chi connectivity index (χ1n) is 4.73. The zero-order valence-corrected chi connectivity index (χ0v) is 10.1. The fourth-order valence-corrected chi connectivity index (χ4v) is 1.46. The van der Waals surface area contributed by atoms with Gasteiger partial charge in [0, 0.05) is 16.2 Å². The maximum absolute atomic E-state index is 9.13. The fraction of sp³-hybridized carbons (Fsp3) is 0.500. The molecule has 0 aromatic carbocycles. The van der Waals surface area contributed by atoms with Gasteiger partial charge in [0.05, 0.1) is 6.61 Å². The number of rotatable bonds is 5. The molecule has 0 spiro atoms. The van der Waals surface area contributed by atoms with Crippen LogP contribution in [-0.2, 0) is 6.42 Å². The lowest BCUT2D eigenvalue weighted by Crippen LogP contribution is -2.22. The molecule has 84 valence electrons. The van der Waals surface area contributed by atoms with E-state index in [1.807, 2.05) is 13.0 Å². The summed E-state index contributed by atoms with van der Waals surface area (Å²) in [4.78, 5) is 4.09. The summed E-state index contributed by atoms with van der Waals surface area (Å²) in [7, 11) is 0. The molecule has 5 heteroatoms. The van der Waals surface area contributed by atoms with Crippen LogP contribution >= 0.6 is 15.9 Å². The Morgan fingerprint density at radius 1 is 1.60 bits per heavy atom. The van der Waals surface area contributed by atoms with Crippen LogP contribution in [0, 0.1) is 0 Å². The van der Waals surface area contributed by atoms with Crippen LogP contribution in [0.3, 0.4) is 0 Å². The number of halogens is 1. The summed E-state index contributed by atoms with van der Waals surface area (Å²) < 4.78 is 6.19. The van der Waals surface area contributed by atoms with E-state index in [1.165, 1.54) is 0 Å². The number of aromatic nitrogens is 1. The summed E-state index contributed by atoms with van der Waals surface area (Å²) in [5.41, 5.74) is 0.967. The molecular weight excluding hydrogens is 262 g/mol. The van der Waals surface area contributed by atoms with Crippen LogP contribution in [0.15, 0.2) is 16.7 Å². The van der Waals surface area contributed by atoms with Gasteiger partial charge in [0.25, 0.3) is 0 Å². The lowest BCUT2D eigenvalue weighted by Gasteiger charge is -2.11. The summed E-state index contributed by atoms with van der Waals surface area (Å²) >= 11 is 3.32. The molecule has 0 saturated heterocycles. The van der Waals surface area contributed by atoms with E-state index < -0.39 is 6.10 Å². The van der Waals surface area contributed by atoms with E-state index in [0.29, 0.717) is 5.88 Å². The van der Waals surface area contributed by atoms with E-state index in [0.717, 1.165) is 16.5 Å². The van der Waals surface area contributed by atoms with Gasteiger partial charge in [-0.1, -0.05) is 6.92 Å². The Labute approximate surface area is 97.0 Å². The van der Waals surface area contributed by atoms with Crippen molar-refractivity contribution in [2.75, 3.05) is 13.2 Å². The first-order valence-corrected chi connectivity index (χ1v) is 5.52. The van der Waals surface area contributed by atoms with Gasteiger partial charge in [0.15, 0.2) is 0 Å². The number of nitrogens with zero attached hydrogens (tertiary/aromatic N) is 1. The molecular formula is C10H14BrNO3. The number of aliphatic hydroxyl groups excluding tert-OH is 2.